The number of benzene rings is 4. The molecule has 246 valence electrons. The lowest BCUT2D eigenvalue weighted by molar-refractivity contribution is -0.0391. The lowest BCUT2D eigenvalue weighted by Crippen LogP contribution is -2.33. The molecule has 2 fully saturated rings. The van der Waals surface area contributed by atoms with E-state index in [9.17, 15) is 10.2 Å². The minimum Gasteiger partial charge on any atom is -0.385 e. The fraction of sp³-hybridized carbons (Fsp3) is 0.341. The predicted octanol–water partition coefficient (Wildman–Crippen LogP) is 8.39. The summed E-state index contributed by atoms with van der Waals surface area (Å²) in [7, 11) is 0. The lowest BCUT2D eigenvalue weighted by Gasteiger charge is -2.37. The summed E-state index contributed by atoms with van der Waals surface area (Å²) in [5.41, 5.74) is 11.5. The number of aromatic nitrogens is 2. The van der Waals surface area contributed by atoms with Crippen LogP contribution in [0.5, 0.6) is 0 Å². The Bertz CT molecular complexity index is 1880. The second-order valence-electron chi connectivity index (χ2n) is 14.1. The van der Waals surface area contributed by atoms with Crippen molar-refractivity contribution in [2.24, 2.45) is 0 Å². The topological polar surface area (TPSA) is 75.6 Å². The maximum Gasteiger partial charge on any atom is 0.0896 e. The molecule has 0 unspecified atom stereocenters. The third-order valence-corrected chi connectivity index (χ3v) is 11.5. The van der Waals surface area contributed by atoms with Crippen molar-refractivity contribution < 1.29 is 10.2 Å². The number of nitrogens with one attached hydrogen (secondary N) is 1. The summed E-state index contributed by atoms with van der Waals surface area (Å²) in [6, 6.07) is 30.3. The molecule has 2 aliphatic carbocycles. The fourth-order valence-corrected chi connectivity index (χ4v) is 8.12. The molecule has 6 nitrogen and oxygen atoms in total. The highest BCUT2D eigenvalue weighted by atomic mass is 79.9. The second-order valence-corrected chi connectivity index (χ2v) is 15.0. The minimum atomic E-state index is -0.567. The molecule has 2 saturated carbocycles. The molecule has 1 aromatic heterocycles. The molecule has 7 heteroatoms. The van der Waals surface area contributed by atoms with Crippen LogP contribution in [-0.4, -0.2) is 33.5 Å². The van der Waals surface area contributed by atoms with Crippen LogP contribution in [-0.2, 0) is 37.1 Å². The first-order valence-electron chi connectivity index (χ1n) is 17.4. The molecule has 0 atom stereocenters. The van der Waals surface area contributed by atoms with Crippen LogP contribution in [0.2, 0.25) is 0 Å². The zero-order chi connectivity index (χ0) is 32.7. The van der Waals surface area contributed by atoms with E-state index in [0.717, 1.165) is 98.7 Å². The third-order valence-electron chi connectivity index (χ3n) is 11.0. The van der Waals surface area contributed by atoms with Crippen molar-refractivity contribution in [2.45, 2.75) is 75.7 Å². The molecule has 0 spiro atoms. The van der Waals surface area contributed by atoms with Gasteiger partial charge in [0, 0.05) is 53.8 Å². The summed E-state index contributed by atoms with van der Waals surface area (Å²) in [6.07, 6.45) is 11.9. The molecule has 4 aromatic carbocycles. The third kappa shape index (κ3) is 6.20. The van der Waals surface area contributed by atoms with Gasteiger partial charge in [0.15, 0.2) is 0 Å². The van der Waals surface area contributed by atoms with E-state index in [0.29, 0.717) is 0 Å². The monoisotopic (exact) mass is 702 g/mol. The van der Waals surface area contributed by atoms with Crippen molar-refractivity contribution in [1.82, 2.24) is 10.2 Å². The van der Waals surface area contributed by atoms with Crippen molar-refractivity contribution in [1.29, 1.82) is 0 Å². The summed E-state index contributed by atoms with van der Waals surface area (Å²) >= 11 is 3.55. The number of hydrogen-bond acceptors (Lipinski definition) is 5. The van der Waals surface area contributed by atoms with Crippen LogP contribution >= 0.6 is 15.9 Å². The van der Waals surface area contributed by atoms with Gasteiger partial charge in [0.2, 0.25) is 0 Å². The number of halogens is 1. The molecule has 3 N–H and O–H groups in total. The second kappa shape index (κ2) is 12.8. The Morgan fingerprint density at radius 2 is 1.17 bits per heavy atom. The molecule has 4 aliphatic rings. The van der Waals surface area contributed by atoms with Crippen LogP contribution in [0.4, 0.5) is 11.4 Å². The molecule has 0 amide bonds. The molecule has 3 heterocycles. The van der Waals surface area contributed by atoms with Gasteiger partial charge >= 0.3 is 0 Å². The summed E-state index contributed by atoms with van der Waals surface area (Å²) < 4.78 is 1.16. The largest absolute Gasteiger partial charge is 0.385 e. The molecular weight excluding hydrogens is 660 g/mol. The molecule has 0 radical (unpaired) electrons. The fourth-order valence-electron chi connectivity index (χ4n) is 7.71. The molecule has 0 bridgehead atoms. The van der Waals surface area contributed by atoms with E-state index < -0.39 is 11.2 Å². The maximum absolute atomic E-state index is 10.5. The quantitative estimate of drug-likeness (QED) is 0.159. The van der Waals surface area contributed by atoms with E-state index in [1.165, 1.54) is 39.2 Å². The van der Waals surface area contributed by atoms with Gasteiger partial charge in [-0.1, -0.05) is 70.5 Å². The van der Waals surface area contributed by atoms with E-state index in [2.05, 4.69) is 121 Å². The van der Waals surface area contributed by atoms with Gasteiger partial charge in [0.05, 0.1) is 17.4 Å². The number of nitrogens with zero attached hydrogens (tertiary/aromatic N) is 3. The Morgan fingerprint density at radius 1 is 0.646 bits per heavy atom. The van der Waals surface area contributed by atoms with Gasteiger partial charge in [-0.3, -0.25) is 5.10 Å². The van der Waals surface area contributed by atoms with E-state index in [1.54, 1.807) is 0 Å². The zero-order valence-corrected chi connectivity index (χ0v) is 28.9. The molecule has 0 saturated heterocycles. The van der Waals surface area contributed by atoms with Gasteiger partial charge in [-0.15, -0.1) is 0 Å². The summed E-state index contributed by atoms with van der Waals surface area (Å²) in [6.45, 7) is 3.98. The Balaban J connectivity index is 0.000000142. The number of rotatable bonds is 7. The number of aliphatic hydroxyl groups is 2. The molecular formula is C41H43BrN4O2. The molecule has 2 aliphatic heterocycles. The standard InChI is InChI=1S/C22H23N3O.C19H20BrNO/c26-22(9-1-10-22)20-5-2-16(3-6-20)15-25-11-8-18-12-17(4-7-21(18)25)19-13-23-24-14-19;20-17-6-7-18-15(12-17)8-11-21(18)13-14-2-4-16(5-3-14)19(22)9-1-10-19/h2-7,12-14,26H,1,8-11,15H2,(H,23,24);2-7,12,22H,1,8-11,13H2. The Kier molecular flexibility index (Phi) is 8.39. The highest BCUT2D eigenvalue weighted by Gasteiger charge is 2.37. The number of H-pyrrole nitrogens is 1. The smallest absolute Gasteiger partial charge is 0.0896 e. The highest BCUT2D eigenvalue weighted by Crippen LogP contribution is 2.42. The zero-order valence-electron chi connectivity index (χ0n) is 27.3. The predicted molar refractivity (Wildman–Crippen MR) is 196 cm³/mol. The Hall–Kier alpha value is -3.91. The number of anilines is 2. The Morgan fingerprint density at radius 3 is 1.65 bits per heavy atom. The number of fused-ring (bicyclic) bond motifs is 2. The van der Waals surface area contributed by atoms with Crippen molar-refractivity contribution in [3.05, 3.63) is 135 Å². The first-order chi connectivity index (χ1) is 23.4. The van der Waals surface area contributed by atoms with E-state index in [-0.39, 0.29) is 0 Å². The normalized spacial score (nSPS) is 18.3. The van der Waals surface area contributed by atoms with Gasteiger partial charge < -0.3 is 20.0 Å². The van der Waals surface area contributed by atoms with Gasteiger partial charge in [-0.05, 0) is 121 Å². The van der Waals surface area contributed by atoms with Crippen LogP contribution in [0.25, 0.3) is 11.1 Å². The molecule has 5 aromatic rings. The van der Waals surface area contributed by atoms with Crippen molar-refractivity contribution in [3.63, 3.8) is 0 Å². The van der Waals surface area contributed by atoms with Crippen LogP contribution in [0, 0.1) is 0 Å². The summed E-state index contributed by atoms with van der Waals surface area (Å²) in [5, 5.41) is 27.8. The van der Waals surface area contributed by atoms with E-state index in [4.69, 9.17) is 0 Å². The maximum atomic E-state index is 10.5. The summed E-state index contributed by atoms with van der Waals surface area (Å²) in [4.78, 5) is 4.89. The minimum absolute atomic E-state index is 0.551. The van der Waals surface area contributed by atoms with E-state index >= 15 is 0 Å². The lowest BCUT2D eigenvalue weighted by atomic mass is 9.75. The average molecular weight is 704 g/mol. The SMILES string of the molecule is OC1(c2ccc(CN3CCc4cc(-c5cn[nH]c5)ccc43)cc2)CCC1.OC1(c2ccc(CN3CCc4cc(Br)ccc43)cc2)CCC1. The first-order valence-corrected chi connectivity index (χ1v) is 18.2. The number of hydrogen-bond donors (Lipinski definition) is 3. The van der Waals surface area contributed by atoms with Crippen LogP contribution in [0.3, 0.4) is 0 Å². The van der Waals surface area contributed by atoms with Crippen molar-refractivity contribution in [2.75, 3.05) is 22.9 Å². The number of aromatic amines is 1. The van der Waals surface area contributed by atoms with Crippen molar-refractivity contribution >= 4 is 27.3 Å². The van der Waals surface area contributed by atoms with Gasteiger partial charge in [0.25, 0.3) is 0 Å². The van der Waals surface area contributed by atoms with Gasteiger partial charge in [-0.25, -0.2) is 0 Å². The van der Waals surface area contributed by atoms with E-state index in [1.807, 2.05) is 12.4 Å². The van der Waals surface area contributed by atoms with Gasteiger partial charge in [0.1, 0.15) is 0 Å². The van der Waals surface area contributed by atoms with Crippen molar-refractivity contribution in [3.8, 4) is 11.1 Å². The molecule has 9 rings (SSSR count). The summed E-state index contributed by atoms with van der Waals surface area (Å²) in [5.74, 6) is 0. The average Bonchev–Trinajstić information content (AvgIpc) is 3.85. The highest BCUT2D eigenvalue weighted by molar-refractivity contribution is 9.10. The van der Waals surface area contributed by atoms with Crippen LogP contribution < -0.4 is 9.80 Å². The molecule has 48 heavy (non-hydrogen) atoms. The first kappa shape index (κ1) is 31.4. The van der Waals surface area contributed by atoms with Crippen LogP contribution in [0.15, 0.2) is 102 Å². The van der Waals surface area contributed by atoms with Gasteiger partial charge in [-0.2, -0.15) is 5.10 Å². The van der Waals surface area contributed by atoms with Crippen LogP contribution in [0.1, 0.15) is 71.9 Å². The Labute approximate surface area is 291 Å².